The summed E-state index contributed by atoms with van der Waals surface area (Å²) in [5.41, 5.74) is 5.16. The van der Waals surface area contributed by atoms with Crippen LogP contribution in [0, 0.1) is 17.3 Å². The van der Waals surface area contributed by atoms with Gasteiger partial charge in [0.25, 0.3) is 0 Å². The molecule has 13 heteroatoms. The van der Waals surface area contributed by atoms with Crippen LogP contribution in [0.2, 0.25) is 0 Å². The van der Waals surface area contributed by atoms with Crippen LogP contribution in [0.15, 0.2) is 60.8 Å². The van der Waals surface area contributed by atoms with Crippen LogP contribution >= 0.6 is 0 Å². The standard InChI is InChI=1S/C45H53N7O6/c1-25(2)37(50-42(54)56-6)41(53)52-34-19-30(34)20-35(52)39-46-22-33(48-39)27-10-8-26(9-11-27)28-12-14-31-29(18-28)13-15-32-38(31)49-40(47-32)36-21-45(16-7-17-57-24-45)23-51(36)43(55)58-44(3,4)5/h8-15,18,22,25,30,34-37H,7,16-17,19-21,23-24H2,1-6H3,(H,46,48)(H,47,49)(H,50,54)/t30-,34-,35+,36+,37+,45+/m1/s1. The van der Waals surface area contributed by atoms with E-state index >= 15 is 0 Å². The number of nitrogens with zero attached hydrogens (tertiary/aromatic N) is 4. The predicted octanol–water partition coefficient (Wildman–Crippen LogP) is 8.29. The molecule has 1 spiro atoms. The van der Waals surface area contributed by atoms with E-state index in [9.17, 15) is 14.4 Å². The van der Waals surface area contributed by atoms with Crippen LogP contribution in [-0.4, -0.2) is 92.4 Å². The molecule has 9 rings (SSSR count). The Kier molecular flexibility index (Phi) is 9.49. The van der Waals surface area contributed by atoms with E-state index in [1.165, 1.54) is 7.11 Å². The minimum atomic E-state index is -0.673. The number of H-pyrrole nitrogens is 2. The van der Waals surface area contributed by atoms with Crippen molar-refractivity contribution < 1.29 is 28.6 Å². The number of carbonyl (C=O) groups is 3. The van der Waals surface area contributed by atoms with Crippen molar-refractivity contribution in [1.82, 2.24) is 35.1 Å². The molecule has 2 aromatic heterocycles. The summed E-state index contributed by atoms with van der Waals surface area (Å²) in [7, 11) is 1.31. The van der Waals surface area contributed by atoms with Crippen LogP contribution in [-0.2, 0) is 19.0 Å². The van der Waals surface area contributed by atoms with Gasteiger partial charge in [0.05, 0.1) is 48.7 Å². The zero-order valence-corrected chi connectivity index (χ0v) is 34.1. The number of amides is 3. The van der Waals surface area contributed by atoms with Crippen molar-refractivity contribution in [2.45, 2.75) is 96.5 Å². The number of aromatic amines is 2. The Morgan fingerprint density at radius 1 is 0.966 bits per heavy atom. The van der Waals surface area contributed by atoms with Crippen molar-refractivity contribution in [3.8, 4) is 22.4 Å². The molecule has 5 aromatic rings. The Hall–Kier alpha value is -5.43. The summed E-state index contributed by atoms with van der Waals surface area (Å²) in [6.07, 6.45) is 5.51. The van der Waals surface area contributed by atoms with E-state index in [4.69, 9.17) is 24.2 Å². The van der Waals surface area contributed by atoms with Gasteiger partial charge in [0.2, 0.25) is 5.91 Å². The van der Waals surface area contributed by atoms with Gasteiger partial charge in [-0.3, -0.25) is 9.69 Å². The SMILES string of the molecule is COC(=O)N[C@H](C(=O)N1[C@@H]2C[C@@H]2C[C@H]1c1ncc(-c2ccc(-c3ccc4c(ccc5[nH]c([C@@H]6C[C@@]7(CCCOC7)CN6C(=O)OC(C)(C)C)nc54)c3)cc2)[nH]1)C(C)C. The number of hydrogen-bond donors (Lipinski definition) is 3. The first-order valence-electron chi connectivity index (χ1n) is 20.6. The van der Waals surface area contributed by atoms with E-state index in [2.05, 4.69) is 69.9 Å². The number of carbonyl (C=O) groups excluding carboxylic acids is 3. The molecule has 0 unspecified atom stereocenters. The number of imidazole rings is 2. The van der Waals surface area contributed by atoms with Gasteiger partial charge in [-0.25, -0.2) is 19.6 Å². The number of rotatable bonds is 7. The normalized spacial score (nSPS) is 24.7. The Bertz CT molecular complexity index is 2370. The molecule has 1 saturated carbocycles. The predicted molar refractivity (Wildman–Crippen MR) is 220 cm³/mol. The highest BCUT2D eigenvalue weighted by Gasteiger charge is 2.56. The second-order valence-electron chi connectivity index (χ2n) is 18.2. The van der Waals surface area contributed by atoms with Crippen LogP contribution < -0.4 is 5.32 Å². The van der Waals surface area contributed by atoms with E-state index in [1.54, 1.807) is 0 Å². The summed E-state index contributed by atoms with van der Waals surface area (Å²) in [6, 6.07) is 18.2. The van der Waals surface area contributed by atoms with Crippen LogP contribution in [0.4, 0.5) is 9.59 Å². The fourth-order valence-electron chi connectivity index (χ4n) is 9.54. The first kappa shape index (κ1) is 38.1. The third-order valence-corrected chi connectivity index (χ3v) is 12.5. The highest BCUT2D eigenvalue weighted by atomic mass is 16.6. The Balaban J connectivity index is 0.935. The zero-order chi connectivity index (χ0) is 40.5. The summed E-state index contributed by atoms with van der Waals surface area (Å²) in [5, 5.41) is 4.86. The molecule has 3 saturated heterocycles. The molecule has 0 bridgehead atoms. The van der Waals surface area contributed by atoms with Crippen molar-refractivity contribution in [2.24, 2.45) is 17.3 Å². The summed E-state index contributed by atoms with van der Waals surface area (Å²) in [6.45, 7) is 11.5. The number of piperidine rings is 1. The van der Waals surface area contributed by atoms with Crippen LogP contribution in [0.3, 0.4) is 0 Å². The van der Waals surface area contributed by atoms with Crippen LogP contribution in [0.1, 0.15) is 90.5 Å². The molecule has 3 aromatic carbocycles. The van der Waals surface area contributed by atoms with Gasteiger partial charge in [-0.05, 0) is 98.9 Å². The average molecular weight is 788 g/mol. The van der Waals surface area contributed by atoms with E-state index < -0.39 is 17.7 Å². The molecular weight excluding hydrogens is 735 g/mol. The number of likely N-dealkylation sites (tertiary alicyclic amines) is 2. The van der Waals surface area contributed by atoms with E-state index in [-0.39, 0.29) is 41.5 Å². The largest absolute Gasteiger partial charge is 0.453 e. The maximum Gasteiger partial charge on any atom is 0.410 e. The molecule has 1 aliphatic carbocycles. The lowest BCUT2D eigenvalue weighted by Gasteiger charge is -2.33. The number of nitrogens with one attached hydrogen (secondary N) is 3. The van der Waals surface area contributed by atoms with E-state index in [0.717, 1.165) is 94.5 Å². The lowest BCUT2D eigenvalue weighted by Crippen LogP contribution is -2.52. The van der Waals surface area contributed by atoms with Crippen LogP contribution in [0.25, 0.3) is 44.2 Å². The van der Waals surface area contributed by atoms with Gasteiger partial charge >= 0.3 is 12.2 Å². The van der Waals surface area contributed by atoms with Gasteiger partial charge in [0.1, 0.15) is 23.3 Å². The molecular formula is C45H53N7O6. The van der Waals surface area contributed by atoms with Crippen molar-refractivity contribution in [2.75, 3.05) is 26.9 Å². The molecule has 304 valence electrons. The smallest absolute Gasteiger partial charge is 0.410 e. The first-order valence-corrected chi connectivity index (χ1v) is 20.6. The fourth-order valence-corrected chi connectivity index (χ4v) is 9.54. The Morgan fingerprint density at radius 3 is 2.47 bits per heavy atom. The highest BCUT2D eigenvalue weighted by Crippen LogP contribution is 2.53. The second kappa shape index (κ2) is 14.4. The number of ether oxygens (including phenoxy) is 3. The maximum atomic E-state index is 13.8. The molecule has 4 aliphatic rings. The molecule has 3 N–H and O–H groups in total. The lowest BCUT2D eigenvalue weighted by atomic mass is 9.80. The first-order chi connectivity index (χ1) is 27.8. The number of fused-ring (bicyclic) bond motifs is 4. The van der Waals surface area contributed by atoms with Crippen LogP contribution in [0.5, 0.6) is 0 Å². The Morgan fingerprint density at radius 2 is 1.74 bits per heavy atom. The summed E-state index contributed by atoms with van der Waals surface area (Å²) < 4.78 is 16.6. The molecule has 0 radical (unpaired) electrons. The third-order valence-electron chi connectivity index (χ3n) is 12.5. The monoisotopic (exact) mass is 787 g/mol. The van der Waals surface area contributed by atoms with Gasteiger partial charge < -0.3 is 34.4 Å². The minimum absolute atomic E-state index is 0.0942. The van der Waals surface area contributed by atoms with Gasteiger partial charge in [-0.1, -0.05) is 56.3 Å². The molecule has 3 aliphatic heterocycles. The number of alkyl carbamates (subject to hydrolysis) is 1. The number of methoxy groups -OCH3 is 1. The van der Waals surface area contributed by atoms with E-state index in [1.807, 2.05) is 50.6 Å². The number of benzene rings is 3. The summed E-state index contributed by atoms with van der Waals surface area (Å²) in [4.78, 5) is 60.2. The zero-order valence-electron chi connectivity index (χ0n) is 34.1. The molecule has 13 nitrogen and oxygen atoms in total. The molecule has 6 atom stereocenters. The topological polar surface area (TPSA) is 155 Å². The van der Waals surface area contributed by atoms with Gasteiger partial charge in [-0.15, -0.1) is 0 Å². The van der Waals surface area contributed by atoms with Crippen molar-refractivity contribution in [1.29, 1.82) is 0 Å². The van der Waals surface area contributed by atoms with E-state index in [0.29, 0.717) is 19.1 Å². The molecule has 58 heavy (non-hydrogen) atoms. The molecule has 3 amide bonds. The van der Waals surface area contributed by atoms with Gasteiger partial charge in [0.15, 0.2) is 0 Å². The molecule has 5 heterocycles. The number of hydrogen-bond acceptors (Lipinski definition) is 8. The summed E-state index contributed by atoms with van der Waals surface area (Å²) >= 11 is 0. The molecule has 4 fully saturated rings. The van der Waals surface area contributed by atoms with Gasteiger partial charge in [0, 0.05) is 30.0 Å². The fraction of sp³-hybridized carbons (Fsp3) is 0.489. The average Bonchev–Trinajstić information content (AvgIpc) is 3.64. The quantitative estimate of drug-likeness (QED) is 0.149. The van der Waals surface area contributed by atoms with Crippen molar-refractivity contribution in [3.05, 3.63) is 72.4 Å². The Labute approximate surface area is 338 Å². The minimum Gasteiger partial charge on any atom is -0.453 e. The number of aromatic nitrogens is 4. The van der Waals surface area contributed by atoms with Crippen molar-refractivity contribution in [3.63, 3.8) is 0 Å². The lowest BCUT2D eigenvalue weighted by molar-refractivity contribution is -0.136. The van der Waals surface area contributed by atoms with Crippen molar-refractivity contribution >= 4 is 39.9 Å². The highest BCUT2D eigenvalue weighted by molar-refractivity contribution is 6.05. The third kappa shape index (κ3) is 7.07. The summed E-state index contributed by atoms with van der Waals surface area (Å²) in [5.74, 6) is 1.80. The van der Waals surface area contributed by atoms with Gasteiger partial charge in [-0.2, -0.15) is 0 Å². The maximum absolute atomic E-state index is 13.8. The second-order valence-corrected chi connectivity index (χ2v) is 18.2.